The van der Waals surface area contributed by atoms with Crippen molar-refractivity contribution in [3.63, 3.8) is 0 Å². The summed E-state index contributed by atoms with van der Waals surface area (Å²) in [5.41, 5.74) is 1.01. The van der Waals surface area contributed by atoms with Crippen LogP contribution in [0.15, 0.2) is 24.9 Å². The lowest BCUT2D eigenvalue weighted by Crippen LogP contribution is -2.50. The van der Waals surface area contributed by atoms with Crippen LogP contribution in [0.25, 0.3) is 0 Å². The second-order valence-corrected chi connectivity index (χ2v) is 9.47. The number of aromatic nitrogens is 2. The number of amides is 2. The highest BCUT2D eigenvalue weighted by molar-refractivity contribution is 6.42. The SMILES string of the molecule is C=CC(O)NC1CCCCC1Nc1ncc2c(n1)N(C)C(=O)N(c1c(Cl)c(OC)cc(OC)c1Cl)C2. The minimum Gasteiger partial charge on any atom is -0.495 e. The molecule has 2 amide bonds. The Morgan fingerprint density at radius 2 is 1.83 bits per heavy atom. The number of hydrogen-bond acceptors (Lipinski definition) is 8. The van der Waals surface area contributed by atoms with Crippen molar-refractivity contribution < 1.29 is 19.4 Å². The van der Waals surface area contributed by atoms with E-state index in [1.165, 1.54) is 30.1 Å². The molecule has 12 heteroatoms. The quantitative estimate of drug-likeness (QED) is 0.340. The number of aliphatic hydroxyl groups excluding tert-OH is 1. The number of ether oxygens (including phenoxy) is 2. The van der Waals surface area contributed by atoms with Crippen LogP contribution in [-0.2, 0) is 6.54 Å². The van der Waals surface area contributed by atoms with Crippen molar-refractivity contribution >= 4 is 46.7 Å². The second-order valence-electron chi connectivity index (χ2n) is 8.72. The molecule has 3 N–H and O–H groups in total. The molecule has 2 heterocycles. The number of carbonyl (C=O) groups is 1. The van der Waals surface area contributed by atoms with Gasteiger partial charge in [0.05, 0.1) is 26.5 Å². The van der Waals surface area contributed by atoms with Crippen molar-refractivity contribution in [1.82, 2.24) is 15.3 Å². The summed E-state index contributed by atoms with van der Waals surface area (Å²) >= 11 is 13.1. The van der Waals surface area contributed by atoms with Gasteiger partial charge in [0.15, 0.2) is 0 Å². The first-order valence-corrected chi connectivity index (χ1v) is 12.4. The van der Waals surface area contributed by atoms with Gasteiger partial charge in [-0.15, -0.1) is 0 Å². The highest BCUT2D eigenvalue weighted by atomic mass is 35.5. The molecule has 1 fully saturated rings. The van der Waals surface area contributed by atoms with Crippen LogP contribution in [0.3, 0.4) is 0 Å². The van der Waals surface area contributed by atoms with E-state index >= 15 is 0 Å². The van der Waals surface area contributed by atoms with Crippen molar-refractivity contribution in [3.05, 3.63) is 40.5 Å². The Balaban J connectivity index is 1.62. The van der Waals surface area contributed by atoms with E-state index in [1.54, 1.807) is 19.3 Å². The number of anilines is 3. The number of nitrogens with one attached hydrogen (secondary N) is 2. The van der Waals surface area contributed by atoms with E-state index in [4.69, 9.17) is 32.7 Å². The van der Waals surface area contributed by atoms with E-state index in [9.17, 15) is 9.90 Å². The summed E-state index contributed by atoms with van der Waals surface area (Å²) in [6.07, 6.45) is 6.30. The Morgan fingerprint density at radius 3 is 2.44 bits per heavy atom. The first-order chi connectivity index (χ1) is 17.3. The lowest BCUT2D eigenvalue weighted by Gasteiger charge is -2.36. The molecule has 2 aromatic rings. The molecule has 0 bridgehead atoms. The second kappa shape index (κ2) is 11.1. The fourth-order valence-corrected chi connectivity index (χ4v) is 5.32. The number of urea groups is 1. The normalized spacial score (nSPS) is 20.6. The van der Waals surface area contributed by atoms with E-state index in [2.05, 4.69) is 27.2 Å². The van der Waals surface area contributed by atoms with Gasteiger partial charge in [-0.1, -0.05) is 42.6 Å². The zero-order valence-corrected chi connectivity index (χ0v) is 21.9. The van der Waals surface area contributed by atoms with Crippen LogP contribution >= 0.6 is 23.2 Å². The van der Waals surface area contributed by atoms with E-state index in [0.29, 0.717) is 23.3 Å². The Morgan fingerprint density at radius 1 is 1.19 bits per heavy atom. The zero-order chi connectivity index (χ0) is 26.0. The molecule has 3 unspecified atom stereocenters. The van der Waals surface area contributed by atoms with E-state index in [0.717, 1.165) is 31.2 Å². The van der Waals surface area contributed by atoms with Gasteiger partial charge in [-0.2, -0.15) is 4.98 Å². The molecule has 1 aliphatic carbocycles. The van der Waals surface area contributed by atoms with Crippen molar-refractivity contribution in [2.75, 3.05) is 36.4 Å². The van der Waals surface area contributed by atoms with Crippen LogP contribution in [0.5, 0.6) is 11.5 Å². The molecule has 0 spiro atoms. The number of rotatable bonds is 8. The number of hydrogen-bond donors (Lipinski definition) is 3. The summed E-state index contributed by atoms with van der Waals surface area (Å²) in [6, 6.07) is 1.27. The van der Waals surface area contributed by atoms with Crippen molar-refractivity contribution in [1.29, 1.82) is 0 Å². The van der Waals surface area contributed by atoms with Gasteiger partial charge in [-0.3, -0.25) is 15.1 Å². The van der Waals surface area contributed by atoms with Gasteiger partial charge in [0.25, 0.3) is 0 Å². The molecule has 10 nitrogen and oxygen atoms in total. The molecule has 36 heavy (non-hydrogen) atoms. The summed E-state index contributed by atoms with van der Waals surface area (Å²) in [4.78, 5) is 25.5. The molecular weight excluding hydrogens is 507 g/mol. The van der Waals surface area contributed by atoms with E-state index < -0.39 is 6.23 Å². The summed E-state index contributed by atoms with van der Waals surface area (Å²) in [5, 5.41) is 16.9. The highest BCUT2D eigenvalue weighted by Crippen LogP contribution is 2.47. The zero-order valence-electron chi connectivity index (χ0n) is 20.4. The van der Waals surface area contributed by atoms with Gasteiger partial charge >= 0.3 is 6.03 Å². The van der Waals surface area contributed by atoms with Gasteiger partial charge in [0.1, 0.15) is 33.6 Å². The largest absolute Gasteiger partial charge is 0.495 e. The predicted octanol–water partition coefficient (Wildman–Crippen LogP) is 4.19. The van der Waals surface area contributed by atoms with Gasteiger partial charge in [0.2, 0.25) is 5.95 Å². The Kier molecular flexibility index (Phi) is 8.09. The number of halogens is 2. The number of aliphatic hydroxyl groups is 1. The van der Waals surface area contributed by atoms with Gasteiger partial charge in [0, 0.05) is 37.0 Å². The Bertz CT molecular complexity index is 1120. The van der Waals surface area contributed by atoms with Gasteiger partial charge in [-0.05, 0) is 18.9 Å². The fourth-order valence-electron chi connectivity index (χ4n) is 4.62. The maximum absolute atomic E-state index is 13.4. The van der Waals surface area contributed by atoms with Crippen LogP contribution in [-0.4, -0.2) is 60.7 Å². The molecule has 1 aromatic heterocycles. The van der Waals surface area contributed by atoms with E-state index in [-0.39, 0.29) is 40.4 Å². The summed E-state index contributed by atoms with van der Waals surface area (Å²) in [5.74, 6) is 1.57. The maximum Gasteiger partial charge on any atom is 0.330 e. The molecule has 3 atom stereocenters. The van der Waals surface area contributed by atoms with Crippen molar-refractivity contribution in [2.24, 2.45) is 0 Å². The first-order valence-electron chi connectivity index (χ1n) is 11.6. The smallest absolute Gasteiger partial charge is 0.330 e. The van der Waals surface area contributed by atoms with Crippen LogP contribution in [0.1, 0.15) is 31.2 Å². The minimum absolute atomic E-state index is 0.0226. The van der Waals surface area contributed by atoms with E-state index in [1.807, 2.05) is 0 Å². The Labute approximate surface area is 220 Å². The maximum atomic E-state index is 13.4. The van der Waals surface area contributed by atoms with Crippen molar-refractivity contribution in [3.8, 4) is 11.5 Å². The highest BCUT2D eigenvalue weighted by Gasteiger charge is 2.35. The lowest BCUT2D eigenvalue weighted by atomic mass is 9.90. The summed E-state index contributed by atoms with van der Waals surface area (Å²) < 4.78 is 10.7. The number of nitrogens with zero attached hydrogens (tertiary/aromatic N) is 4. The number of benzene rings is 1. The van der Waals surface area contributed by atoms with Gasteiger partial charge < -0.3 is 19.9 Å². The molecule has 4 rings (SSSR count). The standard InChI is InChI=1S/C24H30Cl2N6O4/c1-5-18(33)28-14-8-6-7-9-15(14)29-23-27-11-13-12-32(24(34)31(2)22(13)30-23)21-19(25)16(35-3)10-17(36-4)20(21)26/h5,10-11,14-15,18,28,33H,1,6-9,12H2,2-4H3,(H,27,29,30). The molecule has 2 aliphatic rings. The number of fused-ring (bicyclic) bond motifs is 1. The molecule has 1 saturated carbocycles. The predicted molar refractivity (Wildman–Crippen MR) is 141 cm³/mol. The molecular formula is C24H30Cl2N6O4. The lowest BCUT2D eigenvalue weighted by molar-refractivity contribution is 0.151. The average Bonchev–Trinajstić information content (AvgIpc) is 2.88. The number of carbonyl (C=O) groups excluding carboxylic acids is 1. The Hall–Kier alpha value is -2.79. The summed E-state index contributed by atoms with van der Waals surface area (Å²) in [7, 11) is 4.59. The number of methoxy groups -OCH3 is 2. The first kappa shape index (κ1) is 26.3. The molecule has 194 valence electrons. The monoisotopic (exact) mass is 536 g/mol. The molecule has 1 aromatic carbocycles. The molecule has 0 saturated heterocycles. The van der Waals surface area contributed by atoms with Crippen LogP contribution in [0, 0.1) is 0 Å². The van der Waals surface area contributed by atoms with Crippen LogP contribution < -0.4 is 29.9 Å². The topological polar surface area (TPSA) is 112 Å². The van der Waals surface area contributed by atoms with Crippen LogP contribution in [0.2, 0.25) is 10.0 Å². The third-order valence-electron chi connectivity index (χ3n) is 6.51. The average molecular weight is 537 g/mol. The summed E-state index contributed by atoms with van der Waals surface area (Å²) in [6.45, 7) is 3.79. The van der Waals surface area contributed by atoms with Gasteiger partial charge in [-0.25, -0.2) is 9.78 Å². The van der Waals surface area contributed by atoms with Crippen molar-refractivity contribution in [2.45, 2.75) is 50.5 Å². The molecule has 1 aliphatic heterocycles. The van der Waals surface area contributed by atoms with Crippen LogP contribution in [0.4, 0.5) is 22.2 Å². The third-order valence-corrected chi connectivity index (χ3v) is 7.25. The minimum atomic E-state index is -0.787. The molecule has 0 radical (unpaired) electrons. The third kappa shape index (κ3) is 5.04. The fraction of sp³-hybridized carbons (Fsp3) is 0.458.